The average Bonchev–Trinajstić information content (AvgIpc) is 2.73. The second kappa shape index (κ2) is 4.21. The van der Waals surface area contributed by atoms with E-state index in [1.54, 1.807) is 5.38 Å². The summed E-state index contributed by atoms with van der Waals surface area (Å²) in [5.74, 6) is -0.460. The number of aromatic amines is 1. The quantitative estimate of drug-likeness (QED) is 0.793. The smallest absolute Gasteiger partial charge is 0.340 e. The lowest BCUT2D eigenvalue weighted by molar-refractivity contribution is 0.0603. The van der Waals surface area contributed by atoms with Crippen LogP contribution in [0.15, 0.2) is 10.2 Å². The number of H-pyrrole nitrogens is 1. The Kier molecular flexibility index (Phi) is 2.89. The van der Waals surface area contributed by atoms with Crippen molar-refractivity contribution in [2.45, 2.75) is 13.3 Å². The summed E-state index contributed by atoms with van der Waals surface area (Å²) in [6.07, 6.45) is 0.646. The van der Waals surface area contributed by atoms with Crippen molar-refractivity contribution in [3.63, 3.8) is 0 Å². The van der Waals surface area contributed by atoms with Gasteiger partial charge in [0.1, 0.15) is 5.69 Å². The highest BCUT2D eigenvalue weighted by atomic mass is 32.1. The van der Waals surface area contributed by atoms with Crippen molar-refractivity contribution in [1.82, 2.24) is 4.98 Å². The van der Waals surface area contributed by atoms with E-state index in [1.165, 1.54) is 18.4 Å². The number of aryl methyl sites for hydroxylation is 1. The maximum Gasteiger partial charge on any atom is 0.340 e. The molecule has 0 atom stereocenters. The molecule has 6 heteroatoms. The van der Waals surface area contributed by atoms with Gasteiger partial charge in [-0.25, -0.2) is 4.79 Å². The summed E-state index contributed by atoms with van der Waals surface area (Å²) in [4.78, 5) is 25.8. The minimum absolute atomic E-state index is 0.221. The molecular weight excluding hydrogens is 240 g/mol. The molecule has 0 bridgehead atoms. The maximum absolute atomic E-state index is 11.6. The Morgan fingerprint density at radius 1 is 1.59 bits per heavy atom. The van der Waals surface area contributed by atoms with Crippen LogP contribution in [0.3, 0.4) is 0 Å². The monoisotopic (exact) mass is 252 g/mol. The second-order valence-corrected chi connectivity index (χ2v) is 4.42. The van der Waals surface area contributed by atoms with Crippen molar-refractivity contribution in [3.8, 4) is 0 Å². The van der Waals surface area contributed by atoms with Crippen molar-refractivity contribution in [3.05, 3.63) is 26.9 Å². The molecule has 3 N–H and O–H groups in total. The number of ether oxygens (including phenoxy) is 1. The number of thiophene rings is 1. The van der Waals surface area contributed by atoms with Crippen LogP contribution >= 0.6 is 11.3 Å². The van der Waals surface area contributed by atoms with Gasteiger partial charge in [-0.05, 0) is 12.0 Å². The highest BCUT2D eigenvalue weighted by Crippen LogP contribution is 2.29. The second-order valence-electron chi connectivity index (χ2n) is 3.54. The normalized spacial score (nSPS) is 10.7. The first-order valence-electron chi connectivity index (χ1n) is 5.10. The summed E-state index contributed by atoms with van der Waals surface area (Å²) >= 11 is 1.38. The minimum Gasteiger partial charge on any atom is -0.465 e. The van der Waals surface area contributed by atoms with Crippen LogP contribution in [-0.2, 0) is 11.2 Å². The van der Waals surface area contributed by atoms with Gasteiger partial charge in [-0.3, -0.25) is 4.79 Å². The number of hydrogen-bond acceptors (Lipinski definition) is 5. The Morgan fingerprint density at radius 2 is 2.29 bits per heavy atom. The first-order chi connectivity index (χ1) is 8.10. The van der Waals surface area contributed by atoms with E-state index < -0.39 is 5.97 Å². The van der Waals surface area contributed by atoms with Crippen LogP contribution in [-0.4, -0.2) is 18.1 Å². The van der Waals surface area contributed by atoms with E-state index in [1.807, 2.05) is 6.92 Å². The molecule has 2 aromatic rings. The van der Waals surface area contributed by atoms with Gasteiger partial charge < -0.3 is 15.5 Å². The number of hydrogen-bond donors (Lipinski definition) is 2. The summed E-state index contributed by atoms with van der Waals surface area (Å²) in [6, 6.07) is 0. The third kappa shape index (κ3) is 1.70. The van der Waals surface area contributed by atoms with Gasteiger partial charge in [-0.15, -0.1) is 11.3 Å². The van der Waals surface area contributed by atoms with E-state index in [0.29, 0.717) is 17.5 Å². The zero-order valence-corrected chi connectivity index (χ0v) is 10.3. The maximum atomic E-state index is 11.6. The van der Waals surface area contributed by atoms with Gasteiger partial charge in [-0.2, -0.15) is 0 Å². The molecule has 2 aromatic heterocycles. The van der Waals surface area contributed by atoms with E-state index in [9.17, 15) is 9.59 Å². The van der Waals surface area contributed by atoms with Gasteiger partial charge in [0, 0.05) is 5.38 Å². The molecule has 0 fully saturated rings. The van der Waals surface area contributed by atoms with Gasteiger partial charge in [-0.1, -0.05) is 6.92 Å². The van der Waals surface area contributed by atoms with Gasteiger partial charge >= 0.3 is 5.97 Å². The average molecular weight is 252 g/mol. The molecule has 0 aliphatic rings. The van der Waals surface area contributed by atoms with E-state index in [2.05, 4.69) is 9.72 Å². The molecule has 0 spiro atoms. The first-order valence-corrected chi connectivity index (χ1v) is 5.98. The minimum atomic E-state index is -0.460. The number of nitrogens with one attached hydrogen (secondary N) is 1. The molecule has 0 aliphatic carbocycles. The largest absolute Gasteiger partial charge is 0.465 e. The zero-order valence-electron chi connectivity index (χ0n) is 9.49. The lowest BCUT2D eigenvalue weighted by Crippen LogP contribution is -2.15. The molecule has 2 heterocycles. The van der Waals surface area contributed by atoms with Gasteiger partial charge in [0.15, 0.2) is 0 Å². The van der Waals surface area contributed by atoms with Crippen molar-refractivity contribution in [2.75, 3.05) is 12.8 Å². The first kappa shape index (κ1) is 11.7. The number of anilines is 1. The lowest BCUT2D eigenvalue weighted by atomic mass is 10.1. The molecule has 0 aliphatic heterocycles. The van der Waals surface area contributed by atoms with Crippen LogP contribution in [0.5, 0.6) is 0 Å². The molecule has 17 heavy (non-hydrogen) atoms. The van der Waals surface area contributed by atoms with Crippen LogP contribution in [0.2, 0.25) is 0 Å². The Balaban J connectivity index is 2.83. The van der Waals surface area contributed by atoms with Gasteiger partial charge in [0.2, 0.25) is 0 Å². The molecule has 0 unspecified atom stereocenters. The molecule has 5 nitrogen and oxygen atoms in total. The van der Waals surface area contributed by atoms with Crippen molar-refractivity contribution >= 4 is 33.2 Å². The molecule has 0 amide bonds. The Bertz CT molecular complexity index is 642. The lowest BCUT2D eigenvalue weighted by Gasteiger charge is -2.04. The van der Waals surface area contributed by atoms with E-state index in [4.69, 9.17) is 5.73 Å². The Labute approximate surface area is 101 Å². The molecule has 2 rings (SSSR count). The highest BCUT2D eigenvalue weighted by molar-refractivity contribution is 7.17. The fraction of sp³-hybridized carbons (Fsp3) is 0.273. The fourth-order valence-electron chi connectivity index (χ4n) is 1.76. The predicted molar refractivity (Wildman–Crippen MR) is 67.6 cm³/mol. The topological polar surface area (TPSA) is 85.2 Å². The summed E-state index contributed by atoms with van der Waals surface area (Å²) in [7, 11) is 1.31. The molecule has 0 saturated heterocycles. The SMILES string of the molecule is CCc1c(N)c(=O)[nH]c2c(C(=O)OC)csc12. The third-order valence-electron chi connectivity index (χ3n) is 2.63. The van der Waals surface area contributed by atoms with E-state index in [-0.39, 0.29) is 11.2 Å². The fourth-order valence-corrected chi connectivity index (χ4v) is 2.88. The van der Waals surface area contributed by atoms with E-state index >= 15 is 0 Å². The van der Waals surface area contributed by atoms with Crippen molar-refractivity contribution < 1.29 is 9.53 Å². The number of nitrogen functional groups attached to an aromatic ring is 1. The predicted octanol–water partition coefficient (Wildman–Crippen LogP) is 1.52. The van der Waals surface area contributed by atoms with Crippen molar-refractivity contribution in [2.24, 2.45) is 0 Å². The number of pyridine rings is 1. The highest BCUT2D eigenvalue weighted by Gasteiger charge is 2.17. The molecule has 0 saturated carbocycles. The number of carbonyl (C=O) groups excluding carboxylic acids is 1. The van der Waals surface area contributed by atoms with Crippen LogP contribution in [0, 0.1) is 0 Å². The molecular formula is C11H12N2O3S. The Morgan fingerprint density at radius 3 is 2.88 bits per heavy atom. The summed E-state index contributed by atoms with van der Waals surface area (Å²) in [5, 5.41) is 1.67. The van der Waals surface area contributed by atoms with Crippen LogP contribution in [0.25, 0.3) is 10.2 Å². The number of methoxy groups -OCH3 is 1. The summed E-state index contributed by atoms with van der Waals surface area (Å²) in [6.45, 7) is 1.92. The number of esters is 1. The molecule has 90 valence electrons. The van der Waals surface area contributed by atoms with Gasteiger partial charge in [0.05, 0.1) is 22.9 Å². The number of nitrogens with two attached hydrogens (primary N) is 1. The van der Waals surface area contributed by atoms with Crippen LogP contribution in [0.1, 0.15) is 22.8 Å². The number of aromatic nitrogens is 1. The Hall–Kier alpha value is -1.82. The molecule has 0 aromatic carbocycles. The molecule has 0 radical (unpaired) electrons. The van der Waals surface area contributed by atoms with Crippen LogP contribution < -0.4 is 11.3 Å². The summed E-state index contributed by atoms with van der Waals surface area (Å²) in [5.41, 5.74) is 7.25. The third-order valence-corrected chi connectivity index (χ3v) is 3.67. The summed E-state index contributed by atoms with van der Waals surface area (Å²) < 4.78 is 5.50. The number of rotatable bonds is 2. The standard InChI is InChI=1S/C11H12N2O3S/c1-3-5-7(12)10(14)13-8-6(11(15)16-2)4-17-9(5)8/h4H,3,12H2,1-2H3,(H,13,14). The van der Waals surface area contributed by atoms with Gasteiger partial charge in [0.25, 0.3) is 5.56 Å². The number of fused-ring (bicyclic) bond motifs is 1. The van der Waals surface area contributed by atoms with Crippen LogP contribution in [0.4, 0.5) is 5.69 Å². The van der Waals surface area contributed by atoms with E-state index in [0.717, 1.165) is 10.3 Å². The zero-order chi connectivity index (χ0) is 12.6. The number of carbonyl (C=O) groups is 1. The van der Waals surface area contributed by atoms with Crippen molar-refractivity contribution in [1.29, 1.82) is 0 Å².